The molecule has 155 valence electrons. The molecule has 4 heterocycles. The van der Waals surface area contributed by atoms with Crippen LogP contribution in [0, 0.1) is 0 Å². The van der Waals surface area contributed by atoms with Crippen molar-refractivity contribution in [1.82, 2.24) is 0 Å². The summed E-state index contributed by atoms with van der Waals surface area (Å²) in [4.78, 5) is 0. The van der Waals surface area contributed by atoms with E-state index in [2.05, 4.69) is 24.4 Å². The van der Waals surface area contributed by atoms with Gasteiger partial charge in [0.05, 0.1) is 0 Å². The summed E-state index contributed by atoms with van der Waals surface area (Å²) in [6.45, 7) is 8.00. The van der Waals surface area contributed by atoms with E-state index in [0.717, 1.165) is 52.9 Å². The number of rotatable bonds is 0. The number of thiocarbonyl (C=S) groups is 2. The third-order valence-electron chi connectivity index (χ3n) is 3.31. The Kier molecular flexibility index (Phi) is 39.5. The number of hydrogen-bond donors (Lipinski definition) is 0. The molecule has 0 unspecified atom stereocenters. The van der Waals surface area contributed by atoms with Crippen LogP contribution in [0.25, 0.3) is 10.8 Å². The minimum absolute atomic E-state index is 0. The molecule has 4 fully saturated rings. The maximum atomic E-state index is 7.13. The van der Waals surface area contributed by atoms with Crippen molar-refractivity contribution < 1.29 is 37.5 Å². The van der Waals surface area contributed by atoms with Gasteiger partial charge in [-0.1, -0.05) is 24.4 Å². The first-order chi connectivity index (χ1) is 12.8. The topological polar surface area (TPSA) is 81.5 Å². The average molecular weight is 456 g/mol. The maximum absolute atomic E-state index is 7.13. The maximum Gasteiger partial charge on any atom is 2.00 e. The molecule has 9 heteroatoms. The number of isothiocyanates is 2. The molecule has 0 saturated carbocycles. The fourth-order valence-electron chi connectivity index (χ4n) is 2.04. The molecule has 0 atom stereocenters. The third kappa shape index (κ3) is 37.5. The standard InChI is InChI=1S/4C4H8O.2CNS.V/c4*1-2-4-5-3-1;2*2-1-3;/h4*1-4H2;;;/q;;;;2*-1;+2. The Morgan fingerprint density at radius 1 is 0.444 bits per heavy atom. The van der Waals surface area contributed by atoms with Crippen LogP contribution in [0.3, 0.4) is 0 Å². The summed E-state index contributed by atoms with van der Waals surface area (Å²) in [5.41, 5.74) is 0. The van der Waals surface area contributed by atoms with Crippen molar-refractivity contribution in [3.8, 4) is 0 Å². The van der Waals surface area contributed by atoms with E-state index in [1.54, 1.807) is 0 Å². The van der Waals surface area contributed by atoms with Gasteiger partial charge in [0.25, 0.3) is 0 Å². The van der Waals surface area contributed by atoms with E-state index in [1.165, 1.54) is 61.7 Å². The Hall–Kier alpha value is 0.0244. The monoisotopic (exact) mass is 455 g/mol. The van der Waals surface area contributed by atoms with Gasteiger partial charge in [-0.15, -0.1) is 0 Å². The summed E-state index contributed by atoms with van der Waals surface area (Å²) in [5.74, 6) is 0. The molecule has 0 aromatic carbocycles. The van der Waals surface area contributed by atoms with Crippen LogP contribution in [0.2, 0.25) is 0 Å². The summed E-state index contributed by atoms with van der Waals surface area (Å²) in [6, 6.07) is 0. The van der Waals surface area contributed by atoms with Crippen molar-refractivity contribution >= 4 is 34.8 Å². The van der Waals surface area contributed by atoms with Gasteiger partial charge in [0, 0.05) is 52.9 Å². The van der Waals surface area contributed by atoms with Gasteiger partial charge in [-0.25, -0.2) is 0 Å². The molecule has 0 N–H and O–H groups in total. The number of nitrogens with zero attached hydrogens (tertiary/aromatic N) is 2. The Labute approximate surface area is 186 Å². The zero-order valence-electron chi connectivity index (χ0n) is 16.1. The summed E-state index contributed by atoms with van der Waals surface area (Å²) in [6.07, 6.45) is 10.2. The Morgan fingerprint density at radius 2 is 0.556 bits per heavy atom. The molecule has 1 radical (unpaired) electrons. The second-order valence-electron chi connectivity index (χ2n) is 5.46. The van der Waals surface area contributed by atoms with Crippen LogP contribution in [0.1, 0.15) is 51.4 Å². The van der Waals surface area contributed by atoms with Crippen molar-refractivity contribution in [2.75, 3.05) is 52.9 Å². The normalized spacial score (nSPS) is 18.4. The fraction of sp³-hybridized carbons (Fsp3) is 0.889. The van der Waals surface area contributed by atoms with Crippen molar-refractivity contribution in [2.24, 2.45) is 0 Å². The fourth-order valence-corrected chi connectivity index (χ4v) is 2.04. The molecular weight excluding hydrogens is 423 g/mol. The van der Waals surface area contributed by atoms with Crippen LogP contribution < -0.4 is 0 Å². The quantitative estimate of drug-likeness (QED) is 0.395. The van der Waals surface area contributed by atoms with Crippen LogP contribution in [0.4, 0.5) is 0 Å². The Balaban J connectivity index is -0.000000258. The van der Waals surface area contributed by atoms with Gasteiger partial charge in [0.2, 0.25) is 0 Å². The van der Waals surface area contributed by atoms with Crippen LogP contribution in [0.5, 0.6) is 0 Å². The molecule has 0 amide bonds. The van der Waals surface area contributed by atoms with Gasteiger partial charge in [0.1, 0.15) is 0 Å². The average Bonchev–Trinajstić information content (AvgIpc) is 3.53. The molecule has 27 heavy (non-hydrogen) atoms. The van der Waals surface area contributed by atoms with E-state index < -0.39 is 0 Å². The van der Waals surface area contributed by atoms with E-state index in [1.807, 2.05) is 0 Å². The predicted molar refractivity (Wildman–Crippen MR) is 112 cm³/mol. The molecule has 4 saturated heterocycles. The zero-order valence-corrected chi connectivity index (χ0v) is 19.1. The van der Waals surface area contributed by atoms with Crippen molar-refractivity contribution in [1.29, 1.82) is 0 Å². The van der Waals surface area contributed by atoms with Crippen molar-refractivity contribution in [3.05, 3.63) is 10.8 Å². The Morgan fingerprint density at radius 3 is 0.593 bits per heavy atom. The van der Waals surface area contributed by atoms with E-state index >= 15 is 0 Å². The van der Waals surface area contributed by atoms with Gasteiger partial charge in [0.15, 0.2) is 0 Å². The first-order valence-corrected chi connectivity index (χ1v) is 9.98. The van der Waals surface area contributed by atoms with Gasteiger partial charge >= 0.3 is 18.6 Å². The molecular formula is C18H32N2O4S2V. The molecule has 0 spiro atoms. The minimum atomic E-state index is 0. The summed E-state index contributed by atoms with van der Waals surface area (Å²) in [5, 5.41) is 16.9. The van der Waals surface area contributed by atoms with E-state index in [-0.39, 0.29) is 18.6 Å². The molecule has 0 aromatic rings. The van der Waals surface area contributed by atoms with Crippen LogP contribution in [0.15, 0.2) is 0 Å². The number of ether oxygens (including phenoxy) is 4. The molecule has 0 aromatic heterocycles. The SMILES string of the molecule is C1CCOC1.C1CCOC1.C1CCOC1.C1CCOC1.[N-]=C=S.[N-]=C=S.[V+2]. The van der Waals surface area contributed by atoms with Gasteiger partial charge in [-0.2, -0.15) is 10.3 Å². The molecule has 4 aliphatic rings. The van der Waals surface area contributed by atoms with E-state index in [9.17, 15) is 0 Å². The molecule has 0 aliphatic carbocycles. The second-order valence-corrected chi connectivity index (χ2v) is 5.83. The van der Waals surface area contributed by atoms with E-state index in [4.69, 9.17) is 29.8 Å². The van der Waals surface area contributed by atoms with Gasteiger partial charge < -0.3 is 29.8 Å². The predicted octanol–water partition coefficient (Wildman–Crippen LogP) is 4.50. The first-order valence-electron chi connectivity index (χ1n) is 9.16. The molecule has 4 aliphatic heterocycles. The van der Waals surface area contributed by atoms with Crippen LogP contribution in [-0.4, -0.2) is 63.2 Å². The second kappa shape index (κ2) is 33.6. The van der Waals surface area contributed by atoms with Crippen LogP contribution in [-0.2, 0) is 37.5 Å². The third-order valence-corrected chi connectivity index (χ3v) is 3.31. The first kappa shape index (κ1) is 31.7. The summed E-state index contributed by atoms with van der Waals surface area (Å²) in [7, 11) is 0. The van der Waals surface area contributed by atoms with Gasteiger partial charge in [-0.3, -0.25) is 0 Å². The molecule has 6 nitrogen and oxygen atoms in total. The zero-order chi connectivity index (χ0) is 19.6. The Bertz CT molecular complexity index is 243. The largest absolute Gasteiger partial charge is 2.00 e. The number of hydrogen-bond acceptors (Lipinski definition) is 6. The summed E-state index contributed by atoms with van der Waals surface area (Å²) < 4.78 is 19.8. The van der Waals surface area contributed by atoms with Gasteiger partial charge in [-0.05, 0) is 51.4 Å². The molecule has 0 bridgehead atoms. The molecule has 4 rings (SSSR count). The van der Waals surface area contributed by atoms with Crippen molar-refractivity contribution in [3.63, 3.8) is 0 Å². The smallest absolute Gasteiger partial charge is 0.753 e. The van der Waals surface area contributed by atoms with Crippen molar-refractivity contribution in [2.45, 2.75) is 51.4 Å². The minimum Gasteiger partial charge on any atom is -0.753 e. The van der Waals surface area contributed by atoms with Crippen LogP contribution >= 0.6 is 24.4 Å². The summed E-state index contributed by atoms with van der Waals surface area (Å²) >= 11 is 7.40. The van der Waals surface area contributed by atoms with E-state index in [0.29, 0.717) is 0 Å².